The van der Waals surface area contributed by atoms with Gasteiger partial charge < -0.3 is 0 Å². The summed E-state index contributed by atoms with van der Waals surface area (Å²) in [6.45, 7) is 2.12. The Hall–Kier alpha value is -0.180. The SMILES string of the molecule is CSc1c(C)ccc2scc(Cl)c12. The maximum absolute atomic E-state index is 6.13. The molecule has 0 unspecified atom stereocenters. The molecular formula is C10H9ClS2. The van der Waals surface area contributed by atoms with E-state index in [9.17, 15) is 0 Å². The highest BCUT2D eigenvalue weighted by molar-refractivity contribution is 7.98. The lowest BCUT2D eigenvalue weighted by Gasteiger charge is -2.03. The van der Waals surface area contributed by atoms with Crippen LogP contribution in [0.1, 0.15) is 5.56 Å². The van der Waals surface area contributed by atoms with Gasteiger partial charge in [-0.3, -0.25) is 0 Å². The van der Waals surface area contributed by atoms with Crippen molar-refractivity contribution in [2.75, 3.05) is 6.26 Å². The highest BCUT2D eigenvalue weighted by atomic mass is 35.5. The first-order valence-electron chi connectivity index (χ1n) is 3.94. The molecule has 0 bridgehead atoms. The van der Waals surface area contributed by atoms with Gasteiger partial charge in [0.15, 0.2) is 0 Å². The van der Waals surface area contributed by atoms with Crippen LogP contribution in [0.15, 0.2) is 22.4 Å². The van der Waals surface area contributed by atoms with Crippen molar-refractivity contribution < 1.29 is 0 Å². The summed E-state index contributed by atoms with van der Waals surface area (Å²) in [6, 6.07) is 4.29. The van der Waals surface area contributed by atoms with Gasteiger partial charge in [0, 0.05) is 20.4 Å². The Balaban J connectivity index is 2.88. The van der Waals surface area contributed by atoms with E-state index in [1.165, 1.54) is 20.5 Å². The van der Waals surface area contributed by atoms with Crippen LogP contribution in [0.4, 0.5) is 0 Å². The van der Waals surface area contributed by atoms with Gasteiger partial charge in [-0.25, -0.2) is 0 Å². The first-order valence-corrected chi connectivity index (χ1v) is 6.42. The molecule has 0 aliphatic carbocycles. The largest absolute Gasteiger partial charge is 0.142 e. The van der Waals surface area contributed by atoms with Gasteiger partial charge in [0.05, 0.1) is 5.02 Å². The molecule has 0 saturated heterocycles. The highest BCUT2D eigenvalue weighted by Crippen LogP contribution is 2.38. The fourth-order valence-corrected chi connectivity index (χ4v) is 3.58. The van der Waals surface area contributed by atoms with E-state index in [0.29, 0.717) is 0 Å². The van der Waals surface area contributed by atoms with Gasteiger partial charge in [0.2, 0.25) is 0 Å². The van der Waals surface area contributed by atoms with E-state index in [0.717, 1.165) is 5.02 Å². The molecule has 1 heterocycles. The Kier molecular flexibility index (Phi) is 2.54. The van der Waals surface area contributed by atoms with E-state index in [1.807, 2.05) is 5.38 Å². The molecule has 0 saturated carbocycles. The maximum Gasteiger partial charge on any atom is 0.0603 e. The minimum atomic E-state index is 0.882. The number of thioether (sulfide) groups is 1. The lowest BCUT2D eigenvalue weighted by molar-refractivity contribution is 1.36. The van der Waals surface area contributed by atoms with Crippen LogP contribution in [0.2, 0.25) is 5.02 Å². The van der Waals surface area contributed by atoms with Crippen LogP contribution in [0.5, 0.6) is 0 Å². The topological polar surface area (TPSA) is 0 Å². The Morgan fingerprint density at radius 3 is 2.85 bits per heavy atom. The summed E-state index contributed by atoms with van der Waals surface area (Å²) >= 11 is 9.60. The number of thiophene rings is 1. The molecular weight excluding hydrogens is 220 g/mol. The van der Waals surface area contributed by atoms with Crippen LogP contribution in [0.3, 0.4) is 0 Å². The lowest BCUT2D eigenvalue weighted by atomic mass is 10.2. The summed E-state index contributed by atoms with van der Waals surface area (Å²) in [4.78, 5) is 1.31. The van der Waals surface area contributed by atoms with Gasteiger partial charge in [-0.15, -0.1) is 23.1 Å². The minimum Gasteiger partial charge on any atom is -0.142 e. The first kappa shape index (κ1) is 9.38. The second-order valence-electron chi connectivity index (χ2n) is 2.87. The van der Waals surface area contributed by atoms with Gasteiger partial charge in [0.25, 0.3) is 0 Å². The fourth-order valence-electron chi connectivity index (χ4n) is 1.43. The second kappa shape index (κ2) is 3.52. The van der Waals surface area contributed by atoms with Crippen molar-refractivity contribution in [3.05, 3.63) is 28.1 Å². The average Bonchev–Trinajstić information content (AvgIpc) is 2.49. The summed E-state index contributed by atoms with van der Waals surface area (Å²) in [5.41, 5.74) is 1.31. The number of aryl methyl sites for hydroxylation is 1. The molecule has 1 aromatic carbocycles. The molecule has 0 radical (unpaired) electrons. The molecule has 13 heavy (non-hydrogen) atoms. The molecule has 0 amide bonds. The zero-order chi connectivity index (χ0) is 9.42. The standard InChI is InChI=1S/C10H9ClS2/c1-6-3-4-8-9(10(6)12-2)7(11)5-13-8/h3-5H,1-2H3. The van der Waals surface area contributed by atoms with E-state index in [-0.39, 0.29) is 0 Å². The van der Waals surface area contributed by atoms with Crippen molar-refractivity contribution in [2.24, 2.45) is 0 Å². The molecule has 0 fully saturated rings. The number of benzene rings is 1. The monoisotopic (exact) mass is 228 g/mol. The molecule has 1 aromatic heterocycles. The van der Waals surface area contributed by atoms with E-state index in [4.69, 9.17) is 11.6 Å². The van der Waals surface area contributed by atoms with Crippen LogP contribution < -0.4 is 0 Å². The Labute approximate surface area is 90.9 Å². The maximum atomic E-state index is 6.13. The van der Waals surface area contributed by atoms with Crippen LogP contribution in [-0.2, 0) is 0 Å². The van der Waals surface area contributed by atoms with Crippen molar-refractivity contribution in [3.63, 3.8) is 0 Å². The smallest absolute Gasteiger partial charge is 0.0603 e. The van der Waals surface area contributed by atoms with Gasteiger partial charge in [-0.2, -0.15) is 0 Å². The van der Waals surface area contributed by atoms with Crippen molar-refractivity contribution in [1.82, 2.24) is 0 Å². The minimum absolute atomic E-state index is 0.882. The number of hydrogen-bond acceptors (Lipinski definition) is 2. The predicted octanol–water partition coefficient (Wildman–Crippen LogP) is 4.59. The summed E-state index contributed by atoms with van der Waals surface area (Å²) < 4.78 is 1.28. The quantitative estimate of drug-likeness (QED) is 0.644. The molecule has 0 spiro atoms. The highest BCUT2D eigenvalue weighted by Gasteiger charge is 2.08. The Morgan fingerprint density at radius 1 is 1.38 bits per heavy atom. The third-order valence-corrected chi connectivity index (χ3v) is 4.36. The van der Waals surface area contributed by atoms with E-state index < -0.39 is 0 Å². The van der Waals surface area contributed by atoms with E-state index in [1.54, 1.807) is 23.1 Å². The van der Waals surface area contributed by atoms with Crippen molar-refractivity contribution >= 4 is 44.8 Å². The van der Waals surface area contributed by atoms with Gasteiger partial charge in [0.1, 0.15) is 0 Å². The zero-order valence-corrected chi connectivity index (χ0v) is 9.82. The molecule has 2 aromatic rings. The summed E-state index contributed by atoms with van der Waals surface area (Å²) in [5.74, 6) is 0. The van der Waals surface area contributed by atoms with Crippen molar-refractivity contribution in [3.8, 4) is 0 Å². The van der Waals surface area contributed by atoms with Crippen molar-refractivity contribution in [1.29, 1.82) is 0 Å². The number of fused-ring (bicyclic) bond motifs is 1. The number of halogens is 1. The van der Waals surface area contributed by atoms with Gasteiger partial charge in [-0.05, 0) is 24.8 Å². The normalized spacial score (nSPS) is 11.0. The number of rotatable bonds is 1. The average molecular weight is 229 g/mol. The first-order chi connectivity index (χ1) is 6.24. The Bertz CT molecular complexity index is 445. The van der Waals surface area contributed by atoms with Crippen LogP contribution in [-0.4, -0.2) is 6.26 Å². The van der Waals surface area contributed by atoms with Crippen LogP contribution >= 0.6 is 34.7 Å². The third kappa shape index (κ3) is 1.47. The lowest BCUT2D eigenvalue weighted by Crippen LogP contribution is -1.78. The zero-order valence-electron chi connectivity index (χ0n) is 7.43. The summed E-state index contributed by atoms with van der Waals surface area (Å²) in [7, 11) is 0. The molecule has 3 heteroatoms. The molecule has 0 aliphatic heterocycles. The molecule has 0 N–H and O–H groups in total. The van der Waals surface area contributed by atoms with Crippen molar-refractivity contribution in [2.45, 2.75) is 11.8 Å². The van der Waals surface area contributed by atoms with Gasteiger partial charge in [-0.1, -0.05) is 17.7 Å². The molecule has 0 aliphatic rings. The molecule has 2 rings (SSSR count). The Morgan fingerprint density at radius 2 is 2.15 bits per heavy atom. The van der Waals surface area contributed by atoms with E-state index in [2.05, 4.69) is 25.3 Å². The molecule has 0 atom stereocenters. The van der Waals surface area contributed by atoms with Gasteiger partial charge >= 0.3 is 0 Å². The molecule has 0 nitrogen and oxygen atoms in total. The molecule has 68 valence electrons. The van der Waals surface area contributed by atoms with E-state index >= 15 is 0 Å². The van der Waals surface area contributed by atoms with Crippen LogP contribution in [0, 0.1) is 6.92 Å². The summed E-state index contributed by atoms with van der Waals surface area (Å²) in [5, 5.41) is 4.11. The predicted molar refractivity (Wildman–Crippen MR) is 63.4 cm³/mol. The third-order valence-electron chi connectivity index (χ3n) is 2.05. The fraction of sp³-hybridized carbons (Fsp3) is 0.200. The second-order valence-corrected chi connectivity index (χ2v) is 5.01. The number of hydrogen-bond donors (Lipinski definition) is 0. The van der Waals surface area contributed by atoms with Crippen LogP contribution in [0.25, 0.3) is 10.1 Å². The summed E-state index contributed by atoms with van der Waals surface area (Å²) in [6.07, 6.45) is 2.09.